The van der Waals surface area contributed by atoms with Gasteiger partial charge in [0.05, 0.1) is 24.3 Å². The highest BCUT2D eigenvalue weighted by atomic mass is 16.8. The van der Waals surface area contributed by atoms with Crippen LogP contribution in [0, 0.1) is 12.3 Å². The quantitative estimate of drug-likeness (QED) is 0.270. The second kappa shape index (κ2) is 9.40. The van der Waals surface area contributed by atoms with Crippen LogP contribution in [0.2, 0.25) is 0 Å². The van der Waals surface area contributed by atoms with E-state index in [0.717, 1.165) is 27.5 Å². The molecule has 1 fully saturated rings. The number of epoxide rings is 1. The fourth-order valence-corrected chi connectivity index (χ4v) is 6.76. The summed E-state index contributed by atoms with van der Waals surface area (Å²) in [6.07, 6.45) is 4.35. The lowest BCUT2D eigenvalue weighted by Gasteiger charge is -2.40. The first-order valence-electron chi connectivity index (χ1n) is 14.2. The number of para-hydroxylation sites is 1. The zero-order valence-electron chi connectivity index (χ0n) is 23.9. The fourth-order valence-electron chi connectivity index (χ4n) is 6.76. The number of terminal acetylenes is 1. The largest absolute Gasteiger partial charge is 0.474 e. The molecule has 0 radical (unpaired) electrons. The van der Waals surface area contributed by atoms with E-state index in [1.807, 2.05) is 68.4 Å². The zero-order valence-corrected chi connectivity index (χ0v) is 23.9. The number of ether oxygens (including phenoxy) is 3. The van der Waals surface area contributed by atoms with Crippen molar-refractivity contribution in [2.24, 2.45) is 0 Å². The van der Waals surface area contributed by atoms with Gasteiger partial charge in [-0.05, 0) is 49.6 Å². The number of ketones is 1. The number of amides is 1. The van der Waals surface area contributed by atoms with Crippen LogP contribution in [-0.2, 0) is 19.1 Å². The van der Waals surface area contributed by atoms with Gasteiger partial charge in [-0.2, -0.15) is 0 Å². The van der Waals surface area contributed by atoms with Gasteiger partial charge in [0.1, 0.15) is 11.9 Å². The summed E-state index contributed by atoms with van der Waals surface area (Å²) in [4.78, 5) is 30.9. The average Bonchev–Trinajstić information content (AvgIpc) is 3.56. The number of benzene rings is 3. The van der Waals surface area contributed by atoms with Crippen molar-refractivity contribution < 1.29 is 28.9 Å². The molecule has 3 aromatic rings. The van der Waals surface area contributed by atoms with Crippen LogP contribution in [0.3, 0.4) is 0 Å². The Morgan fingerprint density at radius 1 is 1.05 bits per heavy atom. The summed E-state index contributed by atoms with van der Waals surface area (Å²) < 4.78 is 17.9. The van der Waals surface area contributed by atoms with Crippen molar-refractivity contribution in [3.8, 4) is 18.1 Å². The van der Waals surface area contributed by atoms with Crippen molar-refractivity contribution in [2.75, 3.05) is 13.2 Å². The highest BCUT2D eigenvalue weighted by molar-refractivity contribution is 6.56. The molecule has 1 saturated heterocycles. The van der Waals surface area contributed by atoms with Crippen molar-refractivity contribution in [1.82, 2.24) is 4.90 Å². The summed E-state index contributed by atoms with van der Waals surface area (Å²) in [5, 5.41) is 12.3. The van der Waals surface area contributed by atoms with Gasteiger partial charge in [-0.1, -0.05) is 60.5 Å². The minimum absolute atomic E-state index is 0.0970. The molecular formula is C35H31NO6. The Morgan fingerprint density at radius 2 is 1.71 bits per heavy atom. The molecule has 7 heteroatoms. The monoisotopic (exact) mass is 561 g/mol. The van der Waals surface area contributed by atoms with Crippen molar-refractivity contribution in [1.29, 1.82) is 0 Å². The van der Waals surface area contributed by atoms with Gasteiger partial charge in [0.2, 0.25) is 5.78 Å². The second-order valence-electron chi connectivity index (χ2n) is 12.0. The standard InChI is InChI=1S/C35H31NO6/c1-6-20-16-40-34-32(42-34)24-15-9-14-23(31(24)41-20)28-26-21-12-7-10-19-11-8-13-22(25(19)21)27(26)29(30(28)38)33(39)36(18(2)3)35(4,5)17-37/h1,7-15,18,20,32,34,37H,16-17H2,2-5H3. The molecule has 0 saturated carbocycles. The average molecular weight is 562 g/mol. The van der Waals surface area contributed by atoms with E-state index in [4.69, 9.17) is 20.6 Å². The molecule has 7 nitrogen and oxygen atoms in total. The van der Waals surface area contributed by atoms with E-state index in [1.165, 1.54) is 0 Å². The van der Waals surface area contributed by atoms with Crippen molar-refractivity contribution in [2.45, 2.75) is 57.8 Å². The smallest absolute Gasteiger partial charge is 0.259 e. The number of carbonyl (C=O) groups is 2. The fraction of sp³-hybridized carbons (Fsp3) is 0.314. The molecule has 3 aromatic carbocycles. The van der Waals surface area contributed by atoms with Crippen LogP contribution in [-0.4, -0.2) is 58.9 Å². The van der Waals surface area contributed by atoms with Crippen LogP contribution in [0.4, 0.5) is 0 Å². The molecule has 0 bridgehead atoms. The number of rotatable bonds is 5. The summed E-state index contributed by atoms with van der Waals surface area (Å²) in [5.41, 5.74) is 3.97. The Bertz CT molecular complexity index is 1800. The van der Waals surface area contributed by atoms with Gasteiger partial charge in [-0.3, -0.25) is 9.59 Å². The lowest BCUT2D eigenvalue weighted by molar-refractivity contribution is -0.137. The SMILES string of the molecule is C#CC1COC2OC2c2cccc(C3=C4C(=C(C(=O)N(C(C)C)C(C)(C)CO)C3=O)c3cccc5cccc4c35)c2O1. The van der Waals surface area contributed by atoms with Crippen LogP contribution in [0.5, 0.6) is 5.75 Å². The predicted octanol–water partition coefficient (Wildman–Crippen LogP) is 4.92. The summed E-state index contributed by atoms with van der Waals surface area (Å²) >= 11 is 0. The molecule has 7 rings (SSSR count). The van der Waals surface area contributed by atoms with Crippen LogP contribution in [0.1, 0.15) is 56.1 Å². The van der Waals surface area contributed by atoms with Crippen LogP contribution >= 0.6 is 0 Å². The van der Waals surface area contributed by atoms with E-state index in [2.05, 4.69) is 5.92 Å². The molecule has 4 aliphatic rings. The number of allylic oxidation sites excluding steroid dienone is 3. The molecule has 2 aliphatic heterocycles. The lowest BCUT2D eigenvalue weighted by Crippen LogP contribution is -2.54. The molecule has 1 N–H and O–H groups in total. The first kappa shape index (κ1) is 26.7. The maximum Gasteiger partial charge on any atom is 0.259 e. The lowest BCUT2D eigenvalue weighted by atomic mass is 9.91. The number of nitrogens with zero attached hydrogens (tertiary/aromatic N) is 1. The summed E-state index contributed by atoms with van der Waals surface area (Å²) in [5.74, 6) is 2.31. The van der Waals surface area contributed by atoms with Gasteiger partial charge in [0.15, 0.2) is 12.4 Å². The maximum absolute atomic E-state index is 14.7. The van der Waals surface area contributed by atoms with Crippen LogP contribution in [0.15, 0.2) is 60.2 Å². The first-order chi connectivity index (χ1) is 20.2. The topological polar surface area (TPSA) is 88.6 Å². The number of Topliss-reactive ketones (excluding diaryl/α,β-unsaturated/α-hetero) is 1. The summed E-state index contributed by atoms with van der Waals surface area (Å²) in [7, 11) is 0. The zero-order chi connectivity index (χ0) is 29.5. The molecule has 1 amide bonds. The highest BCUT2D eigenvalue weighted by Crippen LogP contribution is 2.57. The normalized spacial score (nSPS) is 22.3. The molecule has 0 aromatic heterocycles. The Hall–Kier alpha value is -4.22. The minimum atomic E-state index is -0.900. The van der Waals surface area contributed by atoms with Crippen molar-refractivity contribution in [3.63, 3.8) is 0 Å². The van der Waals surface area contributed by atoms with Gasteiger partial charge in [-0.25, -0.2) is 0 Å². The minimum Gasteiger partial charge on any atom is -0.474 e. The van der Waals surface area contributed by atoms with E-state index in [-0.39, 0.29) is 36.7 Å². The van der Waals surface area contributed by atoms with Crippen molar-refractivity contribution >= 4 is 39.2 Å². The van der Waals surface area contributed by atoms with Gasteiger partial charge in [0, 0.05) is 33.9 Å². The van der Waals surface area contributed by atoms with Gasteiger partial charge in [-0.15, -0.1) is 6.42 Å². The number of carbonyl (C=O) groups excluding carboxylic acids is 2. The van der Waals surface area contributed by atoms with Gasteiger partial charge < -0.3 is 24.2 Å². The van der Waals surface area contributed by atoms with E-state index >= 15 is 0 Å². The predicted molar refractivity (Wildman–Crippen MR) is 159 cm³/mol. The molecule has 0 spiro atoms. The number of aliphatic hydroxyl groups is 1. The van der Waals surface area contributed by atoms with Crippen molar-refractivity contribution in [3.05, 3.63) is 82.4 Å². The van der Waals surface area contributed by atoms with E-state index < -0.39 is 23.8 Å². The Kier molecular flexibility index (Phi) is 5.97. The molecule has 212 valence electrons. The summed E-state index contributed by atoms with van der Waals surface area (Å²) in [6.45, 7) is 7.29. The number of hydrogen-bond donors (Lipinski definition) is 1. The number of hydrogen-bond acceptors (Lipinski definition) is 6. The molecular weight excluding hydrogens is 530 g/mol. The Balaban J connectivity index is 1.50. The first-order valence-corrected chi connectivity index (χ1v) is 14.2. The molecule has 3 unspecified atom stereocenters. The third kappa shape index (κ3) is 3.73. The maximum atomic E-state index is 14.7. The molecule has 42 heavy (non-hydrogen) atoms. The van der Waals surface area contributed by atoms with Crippen LogP contribution < -0.4 is 4.74 Å². The Morgan fingerprint density at radius 3 is 2.38 bits per heavy atom. The van der Waals surface area contributed by atoms with Gasteiger partial charge in [0.25, 0.3) is 5.91 Å². The summed E-state index contributed by atoms with van der Waals surface area (Å²) in [6, 6.07) is 17.3. The molecule has 2 heterocycles. The van der Waals surface area contributed by atoms with E-state index in [9.17, 15) is 14.7 Å². The third-order valence-corrected chi connectivity index (χ3v) is 8.57. The number of aliphatic hydroxyl groups excluding tert-OH is 1. The third-order valence-electron chi connectivity index (χ3n) is 8.57. The van der Waals surface area contributed by atoms with Gasteiger partial charge >= 0.3 is 0 Å². The highest BCUT2D eigenvalue weighted by Gasteiger charge is 2.49. The van der Waals surface area contributed by atoms with E-state index in [1.54, 1.807) is 18.7 Å². The molecule has 2 aliphatic carbocycles. The van der Waals surface area contributed by atoms with Crippen LogP contribution in [0.25, 0.3) is 27.5 Å². The second-order valence-corrected chi connectivity index (χ2v) is 12.0. The van der Waals surface area contributed by atoms with E-state index in [0.29, 0.717) is 28.0 Å². The molecule has 3 atom stereocenters. The number of fused-ring (bicyclic) bond motifs is 6. The Labute approximate surface area is 244 Å².